The number of para-hydroxylation sites is 1. The van der Waals surface area contributed by atoms with E-state index in [1.165, 1.54) is 7.11 Å². The Balaban J connectivity index is 2.82. The first-order chi connectivity index (χ1) is 7.70. The third-order valence-corrected chi connectivity index (χ3v) is 3.39. The van der Waals surface area contributed by atoms with Gasteiger partial charge >= 0.3 is 5.97 Å². The number of unbranched alkanes of at least 4 members (excludes halogenated alkanes) is 1. The Labute approximate surface area is 100 Å². The van der Waals surface area contributed by atoms with Crippen molar-refractivity contribution in [2.45, 2.75) is 24.7 Å². The number of ether oxygens (including phenoxy) is 1. The van der Waals surface area contributed by atoms with Crippen molar-refractivity contribution in [1.82, 2.24) is 0 Å². The number of anilines is 1. The standard InChI is InChI=1S/C12H17NO2S/c1-3-4-8-16-10-7-5-6-9(11(10)13)12(14)15-2/h5-7H,3-4,8,13H2,1-2H3. The second kappa shape index (κ2) is 6.43. The molecule has 88 valence electrons. The summed E-state index contributed by atoms with van der Waals surface area (Å²) in [5, 5.41) is 0. The fraction of sp³-hybridized carbons (Fsp3) is 0.417. The monoisotopic (exact) mass is 239 g/mol. The number of hydrogen-bond acceptors (Lipinski definition) is 4. The zero-order chi connectivity index (χ0) is 12.0. The topological polar surface area (TPSA) is 52.3 Å². The molecule has 0 radical (unpaired) electrons. The zero-order valence-corrected chi connectivity index (χ0v) is 10.5. The van der Waals surface area contributed by atoms with E-state index < -0.39 is 0 Å². The number of nitrogens with two attached hydrogens (primary N) is 1. The highest BCUT2D eigenvalue weighted by molar-refractivity contribution is 7.99. The predicted molar refractivity (Wildman–Crippen MR) is 67.8 cm³/mol. The molecule has 0 spiro atoms. The third-order valence-electron chi connectivity index (χ3n) is 2.23. The molecule has 0 fully saturated rings. The summed E-state index contributed by atoms with van der Waals surface area (Å²) in [4.78, 5) is 12.4. The summed E-state index contributed by atoms with van der Waals surface area (Å²) < 4.78 is 4.67. The third kappa shape index (κ3) is 3.17. The Morgan fingerprint density at radius 2 is 2.25 bits per heavy atom. The minimum atomic E-state index is -0.379. The number of benzene rings is 1. The van der Waals surface area contributed by atoms with Gasteiger partial charge in [0, 0.05) is 4.90 Å². The summed E-state index contributed by atoms with van der Waals surface area (Å²) in [7, 11) is 1.36. The molecule has 4 heteroatoms. The lowest BCUT2D eigenvalue weighted by molar-refractivity contribution is 0.0601. The minimum Gasteiger partial charge on any atom is -0.465 e. The van der Waals surface area contributed by atoms with E-state index in [9.17, 15) is 4.79 Å². The number of carbonyl (C=O) groups excluding carboxylic acids is 1. The van der Waals surface area contributed by atoms with Crippen molar-refractivity contribution < 1.29 is 9.53 Å². The molecule has 0 aliphatic rings. The summed E-state index contributed by atoms with van der Waals surface area (Å²) >= 11 is 1.68. The number of rotatable bonds is 5. The number of thioether (sulfide) groups is 1. The molecule has 1 rings (SSSR count). The molecule has 0 atom stereocenters. The molecule has 3 nitrogen and oxygen atoms in total. The Morgan fingerprint density at radius 1 is 1.50 bits per heavy atom. The van der Waals surface area contributed by atoms with Gasteiger partial charge in [-0.25, -0.2) is 4.79 Å². The molecule has 0 unspecified atom stereocenters. The van der Waals surface area contributed by atoms with Crippen LogP contribution in [0.1, 0.15) is 30.1 Å². The van der Waals surface area contributed by atoms with Crippen LogP contribution in [0.3, 0.4) is 0 Å². The molecule has 0 aliphatic carbocycles. The van der Waals surface area contributed by atoms with Crippen molar-refractivity contribution >= 4 is 23.4 Å². The van der Waals surface area contributed by atoms with Gasteiger partial charge in [-0.05, 0) is 24.3 Å². The van der Waals surface area contributed by atoms with Gasteiger partial charge in [-0.15, -0.1) is 11.8 Å². The highest BCUT2D eigenvalue weighted by atomic mass is 32.2. The normalized spacial score (nSPS) is 10.1. The van der Waals surface area contributed by atoms with Crippen LogP contribution in [0.25, 0.3) is 0 Å². The van der Waals surface area contributed by atoms with Gasteiger partial charge in [-0.2, -0.15) is 0 Å². The van der Waals surface area contributed by atoms with Crippen molar-refractivity contribution in [1.29, 1.82) is 0 Å². The lowest BCUT2D eigenvalue weighted by Crippen LogP contribution is -2.06. The Bertz CT molecular complexity index is 366. The van der Waals surface area contributed by atoms with Crippen LogP contribution in [-0.2, 0) is 4.74 Å². The van der Waals surface area contributed by atoms with E-state index in [0.717, 1.165) is 23.5 Å². The number of hydrogen-bond donors (Lipinski definition) is 1. The van der Waals surface area contributed by atoms with E-state index in [4.69, 9.17) is 5.73 Å². The first-order valence-corrected chi connectivity index (χ1v) is 6.28. The van der Waals surface area contributed by atoms with Crippen molar-refractivity contribution in [2.75, 3.05) is 18.6 Å². The first-order valence-electron chi connectivity index (χ1n) is 5.30. The Morgan fingerprint density at radius 3 is 2.88 bits per heavy atom. The number of nitrogen functional groups attached to an aromatic ring is 1. The SMILES string of the molecule is CCCCSc1cccc(C(=O)OC)c1N. The summed E-state index contributed by atoms with van der Waals surface area (Å²) in [5.74, 6) is 0.640. The maximum Gasteiger partial charge on any atom is 0.339 e. The van der Waals surface area contributed by atoms with Gasteiger partial charge in [0.25, 0.3) is 0 Å². The molecule has 1 aromatic carbocycles. The van der Waals surface area contributed by atoms with Crippen LogP contribution < -0.4 is 5.73 Å². The molecule has 0 amide bonds. The smallest absolute Gasteiger partial charge is 0.339 e. The summed E-state index contributed by atoms with van der Waals surface area (Å²) in [6.07, 6.45) is 2.30. The zero-order valence-electron chi connectivity index (χ0n) is 9.66. The Hall–Kier alpha value is -1.16. The van der Waals surface area contributed by atoms with E-state index in [2.05, 4.69) is 11.7 Å². The van der Waals surface area contributed by atoms with Crippen molar-refractivity contribution in [3.63, 3.8) is 0 Å². The number of esters is 1. The van der Waals surface area contributed by atoms with E-state index in [0.29, 0.717) is 11.3 Å². The van der Waals surface area contributed by atoms with Gasteiger partial charge in [0.2, 0.25) is 0 Å². The molecular weight excluding hydrogens is 222 g/mol. The summed E-state index contributed by atoms with van der Waals surface area (Å²) in [6.45, 7) is 2.15. The molecule has 0 bridgehead atoms. The lowest BCUT2D eigenvalue weighted by atomic mass is 10.2. The molecule has 0 heterocycles. The van der Waals surface area contributed by atoms with Gasteiger partial charge in [0.15, 0.2) is 0 Å². The van der Waals surface area contributed by atoms with Crippen LogP contribution in [-0.4, -0.2) is 18.8 Å². The first kappa shape index (κ1) is 12.9. The van der Waals surface area contributed by atoms with E-state index >= 15 is 0 Å². The molecule has 0 saturated carbocycles. The maximum atomic E-state index is 11.4. The van der Waals surface area contributed by atoms with E-state index in [1.54, 1.807) is 17.8 Å². The highest BCUT2D eigenvalue weighted by Gasteiger charge is 2.12. The van der Waals surface area contributed by atoms with Crippen molar-refractivity contribution in [2.24, 2.45) is 0 Å². The lowest BCUT2D eigenvalue weighted by Gasteiger charge is -2.08. The fourth-order valence-corrected chi connectivity index (χ4v) is 2.38. The van der Waals surface area contributed by atoms with Crippen molar-refractivity contribution in [3.8, 4) is 0 Å². The molecule has 0 saturated heterocycles. The average Bonchev–Trinajstić information content (AvgIpc) is 2.30. The van der Waals surface area contributed by atoms with Crippen LogP contribution in [0, 0.1) is 0 Å². The highest BCUT2D eigenvalue weighted by Crippen LogP contribution is 2.28. The van der Waals surface area contributed by atoms with Crippen LogP contribution in [0.5, 0.6) is 0 Å². The molecule has 2 N–H and O–H groups in total. The van der Waals surface area contributed by atoms with Gasteiger partial charge < -0.3 is 10.5 Å². The summed E-state index contributed by atoms with van der Waals surface area (Å²) in [6, 6.07) is 5.45. The van der Waals surface area contributed by atoms with Crippen molar-refractivity contribution in [3.05, 3.63) is 23.8 Å². The molecule has 1 aromatic rings. The molecular formula is C12H17NO2S. The second-order valence-corrected chi connectivity index (χ2v) is 4.55. The molecule has 0 aromatic heterocycles. The van der Waals surface area contributed by atoms with E-state index in [1.807, 2.05) is 12.1 Å². The van der Waals surface area contributed by atoms with Crippen LogP contribution in [0.15, 0.2) is 23.1 Å². The predicted octanol–water partition coefficient (Wildman–Crippen LogP) is 2.95. The Kier molecular flexibility index (Phi) is 5.19. The van der Waals surface area contributed by atoms with Crippen LogP contribution in [0.4, 0.5) is 5.69 Å². The molecule has 0 aliphatic heterocycles. The van der Waals surface area contributed by atoms with Gasteiger partial charge in [-0.3, -0.25) is 0 Å². The number of carbonyl (C=O) groups is 1. The minimum absolute atomic E-state index is 0.379. The maximum absolute atomic E-state index is 11.4. The largest absolute Gasteiger partial charge is 0.465 e. The van der Waals surface area contributed by atoms with Gasteiger partial charge in [0.05, 0.1) is 18.4 Å². The summed E-state index contributed by atoms with van der Waals surface area (Å²) in [5.41, 5.74) is 6.89. The fourth-order valence-electron chi connectivity index (χ4n) is 1.28. The van der Waals surface area contributed by atoms with Gasteiger partial charge in [-0.1, -0.05) is 19.4 Å². The molecule has 16 heavy (non-hydrogen) atoms. The van der Waals surface area contributed by atoms with Crippen LogP contribution >= 0.6 is 11.8 Å². The van der Waals surface area contributed by atoms with Crippen LogP contribution in [0.2, 0.25) is 0 Å². The average molecular weight is 239 g/mol. The quantitative estimate of drug-likeness (QED) is 0.371. The number of methoxy groups -OCH3 is 1. The van der Waals surface area contributed by atoms with Gasteiger partial charge in [0.1, 0.15) is 0 Å². The second-order valence-electron chi connectivity index (χ2n) is 3.41. The van der Waals surface area contributed by atoms with E-state index in [-0.39, 0.29) is 5.97 Å².